The van der Waals surface area contributed by atoms with Gasteiger partial charge in [-0.2, -0.15) is 4.98 Å². The average molecular weight is 366 g/mol. The van der Waals surface area contributed by atoms with E-state index in [1.165, 1.54) is 0 Å². The van der Waals surface area contributed by atoms with Crippen LogP contribution in [0, 0.1) is 0 Å². The number of halogens is 1. The molecule has 134 valence electrons. The number of benzene rings is 1. The van der Waals surface area contributed by atoms with Crippen LogP contribution in [0.4, 0.5) is 0 Å². The van der Waals surface area contributed by atoms with Crippen LogP contribution in [0.3, 0.4) is 0 Å². The van der Waals surface area contributed by atoms with Crippen molar-refractivity contribution in [1.29, 1.82) is 0 Å². The number of carbonyl (C=O) groups is 1. The van der Waals surface area contributed by atoms with Gasteiger partial charge in [-0.1, -0.05) is 16.8 Å². The number of nitrogens with one attached hydrogen (secondary N) is 1. The Balaban J connectivity index is 1.50. The Hall–Kier alpha value is -2.12. The van der Waals surface area contributed by atoms with Crippen molar-refractivity contribution in [2.75, 3.05) is 19.8 Å². The standard InChI is InChI=1S/C17H20ClN3O4/c1-2-23-13-6-5-11(10-12(13)18)16(22)19-8-7-15-20-17(25-21-15)14-4-3-9-24-14/h5-6,10,14H,2-4,7-9H2,1H3,(H,19,22). The molecule has 2 heterocycles. The predicted molar refractivity (Wildman–Crippen MR) is 90.9 cm³/mol. The Morgan fingerprint density at radius 1 is 1.48 bits per heavy atom. The molecule has 3 rings (SSSR count). The molecule has 1 amide bonds. The van der Waals surface area contributed by atoms with Gasteiger partial charge >= 0.3 is 0 Å². The first kappa shape index (κ1) is 17.7. The normalized spacial score (nSPS) is 16.8. The van der Waals surface area contributed by atoms with Crippen LogP contribution in [0.15, 0.2) is 22.7 Å². The Bertz CT molecular complexity index is 728. The molecule has 1 unspecified atom stereocenters. The summed E-state index contributed by atoms with van der Waals surface area (Å²) in [4.78, 5) is 16.5. The van der Waals surface area contributed by atoms with Gasteiger partial charge in [0.15, 0.2) is 5.82 Å². The minimum absolute atomic E-state index is 0.0955. The number of rotatable bonds is 7. The molecule has 1 aromatic heterocycles. The summed E-state index contributed by atoms with van der Waals surface area (Å²) >= 11 is 6.10. The number of amides is 1. The lowest BCUT2D eigenvalue weighted by atomic mass is 10.2. The molecular weight excluding hydrogens is 346 g/mol. The zero-order chi connectivity index (χ0) is 17.6. The molecule has 0 spiro atoms. The van der Waals surface area contributed by atoms with Crippen LogP contribution in [-0.2, 0) is 11.2 Å². The summed E-state index contributed by atoms with van der Waals surface area (Å²) in [6.07, 6.45) is 2.29. The second-order valence-electron chi connectivity index (χ2n) is 5.63. The third kappa shape index (κ3) is 4.49. The summed E-state index contributed by atoms with van der Waals surface area (Å²) in [6, 6.07) is 4.95. The van der Waals surface area contributed by atoms with E-state index in [2.05, 4.69) is 15.5 Å². The molecule has 0 bridgehead atoms. The first-order chi connectivity index (χ1) is 12.2. The Morgan fingerprint density at radius 3 is 3.08 bits per heavy atom. The minimum atomic E-state index is -0.215. The van der Waals surface area contributed by atoms with E-state index in [-0.39, 0.29) is 12.0 Å². The first-order valence-corrected chi connectivity index (χ1v) is 8.69. The molecule has 25 heavy (non-hydrogen) atoms. The van der Waals surface area contributed by atoms with Gasteiger partial charge in [-0.05, 0) is 38.0 Å². The van der Waals surface area contributed by atoms with Crippen LogP contribution in [0.2, 0.25) is 5.02 Å². The molecule has 0 aliphatic carbocycles. The number of aromatic nitrogens is 2. The van der Waals surface area contributed by atoms with Crippen LogP contribution < -0.4 is 10.1 Å². The van der Waals surface area contributed by atoms with Crippen LogP contribution in [-0.4, -0.2) is 35.8 Å². The molecule has 2 aromatic rings. The largest absolute Gasteiger partial charge is 0.492 e. The lowest BCUT2D eigenvalue weighted by molar-refractivity contribution is 0.0835. The van der Waals surface area contributed by atoms with E-state index in [1.54, 1.807) is 18.2 Å². The molecule has 1 aliphatic rings. The molecule has 0 radical (unpaired) electrons. The number of ether oxygens (including phenoxy) is 2. The average Bonchev–Trinajstić information content (AvgIpc) is 3.28. The summed E-state index contributed by atoms with van der Waals surface area (Å²) in [5.74, 6) is 1.41. The summed E-state index contributed by atoms with van der Waals surface area (Å²) < 4.78 is 16.1. The fourth-order valence-corrected chi connectivity index (χ4v) is 2.81. The smallest absolute Gasteiger partial charge is 0.255 e. The SMILES string of the molecule is CCOc1ccc(C(=O)NCCc2noc(C3CCCO3)n2)cc1Cl. The van der Waals surface area contributed by atoms with Crippen molar-refractivity contribution < 1.29 is 18.8 Å². The van der Waals surface area contributed by atoms with Crippen molar-refractivity contribution >= 4 is 17.5 Å². The van der Waals surface area contributed by atoms with Crippen molar-refractivity contribution in [1.82, 2.24) is 15.5 Å². The molecule has 1 aromatic carbocycles. The molecule has 1 atom stereocenters. The lowest BCUT2D eigenvalue weighted by Gasteiger charge is -2.08. The minimum Gasteiger partial charge on any atom is -0.492 e. The Morgan fingerprint density at radius 2 is 2.36 bits per heavy atom. The third-order valence-electron chi connectivity index (χ3n) is 3.82. The monoisotopic (exact) mass is 365 g/mol. The Labute approximate surface area is 150 Å². The maximum absolute atomic E-state index is 12.2. The molecule has 1 fully saturated rings. The van der Waals surface area contributed by atoms with E-state index in [4.69, 9.17) is 25.6 Å². The number of hydrogen-bond donors (Lipinski definition) is 1. The fraction of sp³-hybridized carbons (Fsp3) is 0.471. The van der Waals surface area contributed by atoms with E-state index < -0.39 is 0 Å². The molecular formula is C17H20ClN3O4. The predicted octanol–water partition coefficient (Wildman–Crippen LogP) is 2.95. The topological polar surface area (TPSA) is 86.5 Å². The van der Waals surface area contributed by atoms with Gasteiger partial charge in [-0.3, -0.25) is 4.79 Å². The van der Waals surface area contributed by atoms with E-state index >= 15 is 0 Å². The number of carbonyl (C=O) groups excluding carboxylic acids is 1. The van der Waals surface area contributed by atoms with Crippen molar-refractivity contribution in [2.24, 2.45) is 0 Å². The quantitative estimate of drug-likeness (QED) is 0.811. The van der Waals surface area contributed by atoms with E-state index in [0.29, 0.717) is 47.6 Å². The summed E-state index contributed by atoms with van der Waals surface area (Å²) in [5.41, 5.74) is 0.474. The van der Waals surface area contributed by atoms with E-state index in [9.17, 15) is 4.79 Å². The van der Waals surface area contributed by atoms with Gasteiger partial charge in [0.1, 0.15) is 11.9 Å². The van der Waals surface area contributed by atoms with Crippen LogP contribution in [0.1, 0.15) is 47.9 Å². The molecule has 8 heteroatoms. The lowest BCUT2D eigenvalue weighted by Crippen LogP contribution is -2.26. The second-order valence-corrected chi connectivity index (χ2v) is 6.04. The fourth-order valence-electron chi connectivity index (χ4n) is 2.58. The Kier molecular flexibility index (Phi) is 5.88. The van der Waals surface area contributed by atoms with Crippen LogP contribution in [0.25, 0.3) is 0 Å². The highest BCUT2D eigenvalue weighted by molar-refractivity contribution is 6.32. The van der Waals surface area contributed by atoms with Gasteiger partial charge in [0.25, 0.3) is 11.8 Å². The zero-order valence-corrected chi connectivity index (χ0v) is 14.7. The summed E-state index contributed by atoms with van der Waals surface area (Å²) in [7, 11) is 0. The molecule has 1 aliphatic heterocycles. The zero-order valence-electron chi connectivity index (χ0n) is 14.0. The van der Waals surface area contributed by atoms with Gasteiger partial charge in [0.05, 0.1) is 11.6 Å². The van der Waals surface area contributed by atoms with Crippen molar-refractivity contribution in [2.45, 2.75) is 32.3 Å². The maximum Gasteiger partial charge on any atom is 0.255 e. The highest BCUT2D eigenvalue weighted by Crippen LogP contribution is 2.27. The van der Waals surface area contributed by atoms with Crippen LogP contribution >= 0.6 is 11.6 Å². The third-order valence-corrected chi connectivity index (χ3v) is 4.11. The molecule has 1 saturated heterocycles. The first-order valence-electron chi connectivity index (χ1n) is 8.32. The molecule has 7 nitrogen and oxygen atoms in total. The van der Waals surface area contributed by atoms with E-state index in [0.717, 1.165) is 19.4 Å². The summed E-state index contributed by atoms with van der Waals surface area (Å²) in [5, 5.41) is 7.15. The van der Waals surface area contributed by atoms with Gasteiger partial charge < -0.3 is 19.3 Å². The number of nitrogens with zero attached hydrogens (tertiary/aromatic N) is 2. The van der Waals surface area contributed by atoms with Crippen LogP contribution in [0.5, 0.6) is 5.75 Å². The van der Waals surface area contributed by atoms with Gasteiger partial charge in [0.2, 0.25) is 0 Å². The van der Waals surface area contributed by atoms with Gasteiger partial charge in [-0.15, -0.1) is 0 Å². The van der Waals surface area contributed by atoms with Gasteiger partial charge in [-0.25, -0.2) is 0 Å². The number of hydrogen-bond acceptors (Lipinski definition) is 6. The summed E-state index contributed by atoms with van der Waals surface area (Å²) in [6.45, 7) is 3.51. The maximum atomic E-state index is 12.2. The van der Waals surface area contributed by atoms with Crippen molar-refractivity contribution in [3.05, 3.63) is 40.5 Å². The molecule has 1 N–H and O–H groups in total. The highest BCUT2D eigenvalue weighted by atomic mass is 35.5. The van der Waals surface area contributed by atoms with Gasteiger partial charge in [0, 0.05) is 25.1 Å². The second kappa shape index (κ2) is 8.31. The van der Waals surface area contributed by atoms with E-state index in [1.807, 2.05) is 6.92 Å². The van der Waals surface area contributed by atoms with Crippen molar-refractivity contribution in [3.63, 3.8) is 0 Å². The van der Waals surface area contributed by atoms with Crippen molar-refractivity contribution in [3.8, 4) is 5.75 Å². The molecule has 0 saturated carbocycles. The highest BCUT2D eigenvalue weighted by Gasteiger charge is 2.23.